The third-order valence-electron chi connectivity index (χ3n) is 3.37. The topological polar surface area (TPSA) is 80.1 Å². The van der Waals surface area contributed by atoms with Crippen molar-refractivity contribution in [1.82, 2.24) is 0 Å². The lowest BCUT2D eigenvalue weighted by atomic mass is 10.3. The zero-order valence-corrected chi connectivity index (χ0v) is 18.3. The van der Waals surface area contributed by atoms with Gasteiger partial charge in [0.1, 0.15) is 4.88 Å². The molecule has 3 aromatic rings. The summed E-state index contributed by atoms with van der Waals surface area (Å²) in [6.07, 6.45) is 0. The first kappa shape index (κ1) is 20.4. The number of halogens is 2. The Morgan fingerprint density at radius 1 is 0.964 bits per heavy atom. The first-order chi connectivity index (χ1) is 13.5. The Hall–Kier alpha value is -2.36. The summed E-state index contributed by atoms with van der Waals surface area (Å²) in [4.78, 5) is 24.3. The summed E-state index contributed by atoms with van der Waals surface area (Å²) in [5, 5.41) is 10.9. The number of hydrogen-bond acceptors (Lipinski definition) is 6. The molecule has 9 heteroatoms. The van der Waals surface area contributed by atoms with Gasteiger partial charge in [-0.1, -0.05) is 18.2 Å². The lowest BCUT2D eigenvalue weighted by Gasteiger charge is -2.06. The summed E-state index contributed by atoms with van der Waals surface area (Å²) in [6, 6.07) is 17.9. The molecule has 142 valence electrons. The fourth-order valence-corrected chi connectivity index (χ4v) is 4.00. The number of rotatable bonds is 6. The summed E-state index contributed by atoms with van der Waals surface area (Å²) < 4.78 is 6.57. The Balaban J connectivity index is 1.50. The van der Waals surface area contributed by atoms with Crippen LogP contribution in [0.1, 0.15) is 9.67 Å². The van der Waals surface area contributed by atoms with Gasteiger partial charge in [0, 0.05) is 10.2 Å². The van der Waals surface area contributed by atoms with E-state index in [4.69, 9.17) is 4.74 Å². The van der Waals surface area contributed by atoms with Crippen LogP contribution < -0.4 is 5.32 Å². The average molecular weight is 523 g/mol. The summed E-state index contributed by atoms with van der Waals surface area (Å²) in [7, 11) is 0. The Labute approximate surface area is 181 Å². The van der Waals surface area contributed by atoms with Gasteiger partial charge in [-0.25, -0.2) is 4.79 Å². The number of benzene rings is 2. The predicted octanol–water partition coefficient (Wildman–Crippen LogP) is 6.48. The van der Waals surface area contributed by atoms with E-state index >= 15 is 0 Å². The molecule has 3 rings (SSSR count). The van der Waals surface area contributed by atoms with Gasteiger partial charge >= 0.3 is 5.97 Å². The van der Waals surface area contributed by atoms with Crippen molar-refractivity contribution in [2.24, 2.45) is 10.2 Å². The zero-order valence-electron chi connectivity index (χ0n) is 14.3. The van der Waals surface area contributed by atoms with Crippen LogP contribution in [0.15, 0.2) is 79.2 Å². The van der Waals surface area contributed by atoms with E-state index < -0.39 is 11.9 Å². The smallest absolute Gasteiger partial charge is 0.348 e. The van der Waals surface area contributed by atoms with E-state index in [-0.39, 0.29) is 6.61 Å². The quantitative estimate of drug-likeness (QED) is 0.297. The molecule has 0 saturated carbocycles. The minimum Gasteiger partial charge on any atom is -0.451 e. The number of azo groups is 1. The van der Waals surface area contributed by atoms with Crippen molar-refractivity contribution < 1.29 is 14.3 Å². The molecule has 1 heterocycles. The highest BCUT2D eigenvalue weighted by Crippen LogP contribution is 2.32. The van der Waals surface area contributed by atoms with Crippen molar-refractivity contribution in [1.29, 1.82) is 0 Å². The second kappa shape index (κ2) is 9.72. The maximum atomic E-state index is 12.0. The molecule has 6 nitrogen and oxygen atoms in total. The highest BCUT2D eigenvalue weighted by Gasteiger charge is 2.15. The first-order valence-electron chi connectivity index (χ1n) is 8.00. The number of thiophene rings is 1. The first-order valence-corrected chi connectivity index (χ1v) is 10.4. The van der Waals surface area contributed by atoms with E-state index in [0.29, 0.717) is 16.3 Å². The Morgan fingerprint density at radius 2 is 1.61 bits per heavy atom. The summed E-state index contributed by atoms with van der Waals surface area (Å²) in [5.74, 6) is -0.982. The molecule has 0 atom stereocenters. The Bertz CT molecular complexity index is 986. The molecule has 0 aliphatic carbocycles. The standard InChI is InChI=1S/C19H13Br2N3O3S/c20-15-10-16(28-18(15)21)19(26)27-11-17(25)22-12-6-8-14(9-7-12)24-23-13-4-2-1-3-5-13/h1-10H,11H2,(H,22,25). The van der Waals surface area contributed by atoms with Crippen LogP contribution in [0.3, 0.4) is 0 Å². The lowest BCUT2D eigenvalue weighted by molar-refractivity contribution is -0.119. The van der Waals surface area contributed by atoms with Gasteiger partial charge in [-0.3, -0.25) is 4.79 Å². The van der Waals surface area contributed by atoms with Gasteiger partial charge in [0.15, 0.2) is 6.61 Å². The number of nitrogens with zero attached hydrogens (tertiary/aromatic N) is 2. The highest BCUT2D eigenvalue weighted by atomic mass is 79.9. The Kier molecular flexibility index (Phi) is 7.07. The van der Waals surface area contributed by atoms with Gasteiger partial charge < -0.3 is 10.1 Å². The van der Waals surface area contributed by atoms with Crippen molar-refractivity contribution >= 4 is 72.1 Å². The fourth-order valence-electron chi connectivity index (χ4n) is 2.07. The minimum atomic E-state index is -0.553. The van der Waals surface area contributed by atoms with E-state index in [1.165, 1.54) is 11.3 Å². The van der Waals surface area contributed by atoms with Crippen LogP contribution in [0.5, 0.6) is 0 Å². The van der Waals surface area contributed by atoms with Crippen LogP contribution in [0.25, 0.3) is 0 Å². The molecule has 0 aliphatic heterocycles. The van der Waals surface area contributed by atoms with E-state index in [1.807, 2.05) is 30.3 Å². The van der Waals surface area contributed by atoms with Crippen LogP contribution in [-0.2, 0) is 9.53 Å². The molecule has 0 fully saturated rings. The molecule has 1 aromatic heterocycles. The third-order valence-corrected chi connectivity index (χ3v) is 6.61. The van der Waals surface area contributed by atoms with Gasteiger partial charge in [0.05, 0.1) is 15.2 Å². The molecule has 0 unspecified atom stereocenters. The predicted molar refractivity (Wildman–Crippen MR) is 116 cm³/mol. The van der Waals surface area contributed by atoms with Crippen molar-refractivity contribution in [3.8, 4) is 0 Å². The van der Waals surface area contributed by atoms with Crippen LogP contribution in [-0.4, -0.2) is 18.5 Å². The molecule has 0 radical (unpaired) electrons. The van der Waals surface area contributed by atoms with Gasteiger partial charge in [-0.05, 0) is 74.3 Å². The largest absolute Gasteiger partial charge is 0.451 e. The molecule has 2 aromatic carbocycles. The minimum absolute atomic E-state index is 0.374. The molecule has 0 spiro atoms. The second-order valence-corrected chi connectivity index (χ2v) is 8.66. The molecule has 1 N–H and O–H groups in total. The molecule has 0 saturated heterocycles. The number of carbonyl (C=O) groups is 2. The molecular weight excluding hydrogens is 510 g/mol. The molecular formula is C19H13Br2N3O3S. The summed E-state index contributed by atoms with van der Waals surface area (Å²) in [6.45, 7) is -0.374. The van der Waals surface area contributed by atoms with E-state index in [9.17, 15) is 9.59 Å². The second-order valence-electron chi connectivity index (χ2n) is 5.44. The molecule has 0 aliphatic rings. The lowest BCUT2D eigenvalue weighted by Crippen LogP contribution is -2.20. The van der Waals surface area contributed by atoms with E-state index in [0.717, 1.165) is 13.9 Å². The van der Waals surface area contributed by atoms with Gasteiger partial charge in [0.2, 0.25) is 0 Å². The van der Waals surface area contributed by atoms with Crippen molar-refractivity contribution in [2.75, 3.05) is 11.9 Å². The molecule has 28 heavy (non-hydrogen) atoms. The van der Waals surface area contributed by atoms with Crippen molar-refractivity contribution in [2.45, 2.75) is 0 Å². The maximum Gasteiger partial charge on any atom is 0.348 e. The number of esters is 1. The number of nitrogens with one attached hydrogen (secondary N) is 1. The Morgan fingerprint density at radius 3 is 2.21 bits per heavy atom. The summed E-state index contributed by atoms with van der Waals surface area (Å²) in [5.41, 5.74) is 1.98. The monoisotopic (exact) mass is 521 g/mol. The normalized spacial score (nSPS) is 10.8. The average Bonchev–Trinajstić information content (AvgIpc) is 3.05. The third kappa shape index (κ3) is 5.82. The van der Waals surface area contributed by atoms with Gasteiger partial charge in [-0.15, -0.1) is 11.3 Å². The van der Waals surface area contributed by atoms with Gasteiger partial charge in [0.25, 0.3) is 5.91 Å². The van der Waals surface area contributed by atoms with E-state index in [1.54, 1.807) is 30.3 Å². The number of amides is 1. The van der Waals surface area contributed by atoms with Gasteiger partial charge in [-0.2, -0.15) is 10.2 Å². The van der Waals surface area contributed by atoms with E-state index in [2.05, 4.69) is 47.4 Å². The summed E-state index contributed by atoms with van der Waals surface area (Å²) >= 11 is 7.84. The molecule has 1 amide bonds. The van der Waals surface area contributed by atoms with Crippen LogP contribution in [0.2, 0.25) is 0 Å². The van der Waals surface area contributed by atoms with Crippen molar-refractivity contribution in [3.05, 3.63) is 73.8 Å². The maximum absolute atomic E-state index is 12.0. The number of hydrogen-bond donors (Lipinski definition) is 1. The zero-order chi connectivity index (χ0) is 19.9. The van der Waals surface area contributed by atoms with Crippen LogP contribution in [0, 0.1) is 0 Å². The SMILES string of the molecule is O=C(COC(=O)c1cc(Br)c(Br)s1)Nc1ccc(N=Nc2ccccc2)cc1. The fraction of sp³-hybridized carbons (Fsp3) is 0.0526. The number of anilines is 1. The highest BCUT2D eigenvalue weighted by molar-refractivity contribution is 9.13. The van der Waals surface area contributed by atoms with Crippen LogP contribution >= 0.6 is 43.2 Å². The van der Waals surface area contributed by atoms with Crippen molar-refractivity contribution in [3.63, 3.8) is 0 Å². The molecule has 0 bridgehead atoms. The number of carbonyl (C=O) groups excluding carboxylic acids is 2. The van der Waals surface area contributed by atoms with Crippen LogP contribution in [0.4, 0.5) is 17.1 Å². The number of ether oxygens (including phenoxy) is 1.